The van der Waals surface area contributed by atoms with Crippen LogP contribution >= 0.6 is 11.6 Å². The van der Waals surface area contributed by atoms with Crippen LogP contribution in [0.2, 0.25) is 5.15 Å². The Morgan fingerprint density at radius 1 is 1.65 bits per heavy atom. The molecule has 1 rings (SSSR count). The molecule has 0 unspecified atom stereocenters. The lowest BCUT2D eigenvalue weighted by atomic mass is 10.1. The fourth-order valence-electron chi connectivity index (χ4n) is 1.23. The van der Waals surface area contributed by atoms with Gasteiger partial charge in [0.2, 0.25) is 0 Å². The van der Waals surface area contributed by atoms with Gasteiger partial charge in [-0.25, -0.2) is 14.2 Å². The van der Waals surface area contributed by atoms with Gasteiger partial charge in [-0.15, -0.1) is 0 Å². The van der Waals surface area contributed by atoms with E-state index in [1.165, 1.54) is 6.08 Å². The van der Waals surface area contributed by atoms with Crippen molar-refractivity contribution < 1.29 is 13.9 Å². The van der Waals surface area contributed by atoms with E-state index in [0.29, 0.717) is 11.3 Å². The molecule has 17 heavy (non-hydrogen) atoms. The molecule has 0 fully saturated rings. The molecular formula is C11H12ClFN2O2. The number of hydrogen-bond acceptors (Lipinski definition) is 4. The van der Waals surface area contributed by atoms with Gasteiger partial charge in [-0.2, -0.15) is 0 Å². The molecule has 0 aliphatic rings. The Hall–Kier alpha value is -1.62. The minimum absolute atomic E-state index is 0.136. The molecule has 1 heterocycles. The Kier molecular flexibility index (Phi) is 4.45. The van der Waals surface area contributed by atoms with Crippen LogP contribution < -0.4 is 5.73 Å². The number of aryl methyl sites for hydroxylation is 1. The van der Waals surface area contributed by atoms with Crippen LogP contribution in [0, 0.1) is 12.7 Å². The second-order valence-electron chi connectivity index (χ2n) is 3.21. The van der Waals surface area contributed by atoms with Gasteiger partial charge < -0.3 is 10.5 Å². The molecule has 0 amide bonds. The van der Waals surface area contributed by atoms with Gasteiger partial charge in [-0.3, -0.25) is 0 Å². The number of aromatic nitrogens is 1. The number of esters is 1. The lowest BCUT2D eigenvalue weighted by molar-refractivity contribution is -0.137. The minimum atomic E-state index is -0.791. The standard InChI is InChI=1S/C11H12ClFN2O2/c1-3-17-8(16)5-4-7-6(2)15-11(12)9(13)10(7)14/h4-5H,3H2,1-2H3,(H2,14,15)/b5-4+. The number of pyridine rings is 1. The number of hydrogen-bond donors (Lipinski definition) is 1. The fraction of sp³-hybridized carbons (Fsp3) is 0.273. The molecule has 1 aromatic heterocycles. The van der Waals surface area contributed by atoms with Crippen molar-refractivity contribution >= 4 is 29.3 Å². The van der Waals surface area contributed by atoms with Crippen LogP contribution in [0.1, 0.15) is 18.2 Å². The number of carbonyl (C=O) groups is 1. The van der Waals surface area contributed by atoms with Gasteiger partial charge in [-0.1, -0.05) is 11.6 Å². The lowest BCUT2D eigenvalue weighted by Crippen LogP contribution is -2.02. The summed E-state index contributed by atoms with van der Waals surface area (Å²) in [6.45, 7) is 3.58. The number of ether oxygens (including phenoxy) is 1. The first-order chi connectivity index (χ1) is 7.97. The first-order valence-corrected chi connectivity index (χ1v) is 5.31. The summed E-state index contributed by atoms with van der Waals surface area (Å²) in [5, 5.41) is -0.284. The van der Waals surface area contributed by atoms with Crippen LogP contribution in [0.3, 0.4) is 0 Å². The molecule has 0 saturated heterocycles. The van der Waals surface area contributed by atoms with Crippen molar-refractivity contribution in [1.82, 2.24) is 4.98 Å². The van der Waals surface area contributed by atoms with Gasteiger partial charge in [0, 0.05) is 17.3 Å². The first kappa shape index (κ1) is 13.4. The summed E-state index contributed by atoms with van der Waals surface area (Å²) in [5.41, 5.74) is 6.16. The van der Waals surface area contributed by atoms with Crippen LogP contribution in [0.25, 0.3) is 6.08 Å². The molecule has 0 radical (unpaired) electrons. The number of nitrogens with zero attached hydrogens (tertiary/aromatic N) is 1. The summed E-state index contributed by atoms with van der Waals surface area (Å²) < 4.78 is 18.1. The van der Waals surface area contributed by atoms with E-state index < -0.39 is 11.8 Å². The molecule has 2 N–H and O–H groups in total. The van der Waals surface area contributed by atoms with Crippen LogP contribution in [0.5, 0.6) is 0 Å². The van der Waals surface area contributed by atoms with Gasteiger partial charge in [0.15, 0.2) is 11.0 Å². The number of nitrogens with two attached hydrogens (primary N) is 1. The van der Waals surface area contributed by atoms with Gasteiger partial charge in [-0.05, 0) is 19.9 Å². The summed E-state index contributed by atoms with van der Waals surface area (Å²) in [7, 11) is 0. The topological polar surface area (TPSA) is 65.2 Å². The molecule has 0 aliphatic heterocycles. The highest BCUT2D eigenvalue weighted by Gasteiger charge is 2.12. The van der Waals surface area contributed by atoms with Crippen molar-refractivity contribution in [3.8, 4) is 0 Å². The molecule has 6 heteroatoms. The normalized spacial score (nSPS) is 10.8. The van der Waals surface area contributed by atoms with Gasteiger partial charge in [0.05, 0.1) is 12.3 Å². The molecule has 92 valence electrons. The van der Waals surface area contributed by atoms with Crippen molar-refractivity contribution in [1.29, 1.82) is 0 Å². The molecule has 0 spiro atoms. The van der Waals surface area contributed by atoms with E-state index >= 15 is 0 Å². The number of halogens is 2. The Morgan fingerprint density at radius 3 is 2.88 bits per heavy atom. The van der Waals surface area contributed by atoms with E-state index in [4.69, 9.17) is 22.1 Å². The summed E-state index contributed by atoms with van der Waals surface area (Å²) in [4.78, 5) is 14.9. The SMILES string of the molecule is CCOC(=O)/C=C/c1c(C)nc(Cl)c(F)c1N. The van der Waals surface area contributed by atoms with E-state index in [9.17, 15) is 9.18 Å². The zero-order valence-electron chi connectivity index (χ0n) is 9.46. The first-order valence-electron chi connectivity index (χ1n) is 4.93. The molecule has 0 atom stereocenters. The number of nitrogen functional groups attached to an aromatic ring is 1. The summed E-state index contributed by atoms with van der Waals surface area (Å²) in [5.74, 6) is -1.32. The molecule has 0 saturated carbocycles. The van der Waals surface area contributed by atoms with E-state index in [2.05, 4.69) is 4.98 Å². The third-order valence-corrected chi connectivity index (χ3v) is 2.29. The predicted molar refractivity (Wildman–Crippen MR) is 64.0 cm³/mol. The summed E-state index contributed by atoms with van der Waals surface area (Å²) >= 11 is 5.52. The molecule has 0 aliphatic carbocycles. The zero-order chi connectivity index (χ0) is 13.0. The highest BCUT2D eigenvalue weighted by Crippen LogP contribution is 2.25. The Bertz CT molecular complexity index is 475. The minimum Gasteiger partial charge on any atom is -0.463 e. The smallest absolute Gasteiger partial charge is 0.330 e. The number of rotatable bonds is 3. The van der Waals surface area contributed by atoms with Crippen LogP contribution in [-0.4, -0.2) is 17.6 Å². The van der Waals surface area contributed by atoms with Crippen molar-refractivity contribution in [3.05, 3.63) is 28.3 Å². The maximum Gasteiger partial charge on any atom is 0.330 e. The van der Waals surface area contributed by atoms with E-state index in [-0.39, 0.29) is 17.4 Å². The Morgan fingerprint density at radius 2 is 2.29 bits per heavy atom. The Labute approximate surface area is 103 Å². The zero-order valence-corrected chi connectivity index (χ0v) is 10.2. The van der Waals surface area contributed by atoms with Crippen molar-refractivity contribution in [2.75, 3.05) is 12.3 Å². The second-order valence-corrected chi connectivity index (χ2v) is 3.57. The van der Waals surface area contributed by atoms with E-state index in [1.807, 2.05) is 0 Å². The lowest BCUT2D eigenvalue weighted by Gasteiger charge is -2.06. The van der Waals surface area contributed by atoms with Crippen LogP contribution in [0.15, 0.2) is 6.08 Å². The average Bonchev–Trinajstić information content (AvgIpc) is 2.26. The number of anilines is 1. The third kappa shape index (κ3) is 3.17. The fourth-order valence-corrected chi connectivity index (χ4v) is 1.46. The molecule has 1 aromatic rings. The quantitative estimate of drug-likeness (QED) is 0.513. The highest BCUT2D eigenvalue weighted by molar-refractivity contribution is 6.29. The summed E-state index contributed by atoms with van der Waals surface area (Å²) in [6.07, 6.45) is 2.52. The maximum absolute atomic E-state index is 13.4. The Balaban J connectivity index is 3.07. The largest absolute Gasteiger partial charge is 0.463 e. The third-order valence-electron chi connectivity index (χ3n) is 2.04. The van der Waals surface area contributed by atoms with E-state index in [1.54, 1.807) is 13.8 Å². The molecule has 0 bridgehead atoms. The van der Waals surface area contributed by atoms with Gasteiger partial charge in [0.25, 0.3) is 0 Å². The van der Waals surface area contributed by atoms with Gasteiger partial charge in [0.1, 0.15) is 0 Å². The van der Waals surface area contributed by atoms with Gasteiger partial charge >= 0.3 is 5.97 Å². The summed E-state index contributed by atoms with van der Waals surface area (Å²) in [6, 6.07) is 0. The average molecular weight is 259 g/mol. The molecular weight excluding hydrogens is 247 g/mol. The molecule has 4 nitrogen and oxygen atoms in total. The predicted octanol–water partition coefficient (Wildman–Crippen LogP) is 2.34. The van der Waals surface area contributed by atoms with Crippen LogP contribution in [0.4, 0.5) is 10.1 Å². The monoisotopic (exact) mass is 258 g/mol. The number of carbonyl (C=O) groups excluding carboxylic acids is 1. The van der Waals surface area contributed by atoms with Crippen LogP contribution in [-0.2, 0) is 9.53 Å². The highest BCUT2D eigenvalue weighted by atomic mass is 35.5. The van der Waals surface area contributed by atoms with Crippen molar-refractivity contribution in [2.24, 2.45) is 0 Å². The maximum atomic E-state index is 13.4. The van der Waals surface area contributed by atoms with Crippen molar-refractivity contribution in [2.45, 2.75) is 13.8 Å². The van der Waals surface area contributed by atoms with Crippen molar-refractivity contribution in [3.63, 3.8) is 0 Å². The van der Waals surface area contributed by atoms with E-state index in [0.717, 1.165) is 6.08 Å². The molecule has 0 aromatic carbocycles. The second kappa shape index (κ2) is 5.63.